The zero-order valence-corrected chi connectivity index (χ0v) is 6.55. The van der Waals surface area contributed by atoms with E-state index in [9.17, 15) is 4.79 Å². The Bertz CT molecular complexity index is 177. The second-order valence-corrected chi connectivity index (χ2v) is 2.75. The van der Waals surface area contributed by atoms with Crippen LogP contribution in [0.2, 0.25) is 0 Å². The maximum Gasteiger partial charge on any atom is 0.223 e. The Kier molecular flexibility index (Phi) is 2.91. The Labute approximate surface area is 66.6 Å². The topological polar surface area (TPSA) is 44.1 Å². The Morgan fingerprint density at radius 1 is 1.45 bits per heavy atom. The number of rotatable bonds is 2. The van der Waals surface area contributed by atoms with E-state index in [1.807, 2.05) is 11.0 Å². The van der Waals surface area contributed by atoms with Gasteiger partial charge in [0, 0.05) is 25.9 Å². The van der Waals surface area contributed by atoms with Crippen LogP contribution in [0, 0.1) is 11.3 Å². The van der Waals surface area contributed by atoms with Crippen molar-refractivity contribution in [1.29, 1.82) is 5.26 Å². The number of carbonyl (C=O) groups is 1. The summed E-state index contributed by atoms with van der Waals surface area (Å²) >= 11 is 0. The monoisotopic (exact) mass is 152 g/mol. The van der Waals surface area contributed by atoms with Gasteiger partial charge in [-0.05, 0) is 12.8 Å². The van der Waals surface area contributed by atoms with Crippen molar-refractivity contribution >= 4 is 5.91 Å². The van der Waals surface area contributed by atoms with Gasteiger partial charge in [0.1, 0.15) is 0 Å². The molecule has 11 heavy (non-hydrogen) atoms. The summed E-state index contributed by atoms with van der Waals surface area (Å²) in [5, 5.41) is 8.24. The number of amides is 1. The van der Waals surface area contributed by atoms with Gasteiger partial charge in [-0.1, -0.05) is 0 Å². The summed E-state index contributed by atoms with van der Waals surface area (Å²) in [5.41, 5.74) is 0. The lowest BCUT2D eigenvalue weighted by molar-refractivity contribution is -0.130. The lowest BCUT2D eigenvalue weighted by Gasteiger charge is -2.13. The van der Waals surface area contributed by atoms with Crippen LogP contribution in [0.15, 0.2) is 0 Å². The summed E-state index contributed by atoms with van der Waals surface area (Å²) in [6, 6.07) is 1.97. The maximum atomic E-state index is 11.2. The van der Waals surface area contributed by atoms with E-state index < -0.39 is 0 Å². The van der Waals surface area contributed by atoms with E-state index in [2.05, 4.69) is 0 Å². The number of hydrogen-bond donors (Lipinski definition) is 0. The second-order valence-electron chi connectivity index (χ2n) is 2.75. The van der Waals surface area contributed by atoms with Crippen molar-refractivity contribution in [2.24, 2.45) is 0 Å². The van der Waals surface area contributed by atoms with Crippen molar-refractivity contribution in [3.8, 4) is 6.07 Å². The first-order valence-electron chi connectivity index (χ1n) is 3.99. The minimum atomic E-state index is 0.143. The fourth-order valence-corrected chi connectivity index (χ4v) is 1.29. The van der Waals surface area contributed by atoms with E-state index in [-0.39, 0.29) is 5.91 Å². The molecule has 1 amide bonds. The van der Waals surface area contributed by atoms with E-state index in [0.29, 0.717) is 12.8 Å². The second kappa shape index (κ2) is 3.97. The fraction of sp³-hybridized carbons (Fsp3) is 0.750. The number of nitriles is 1. The summed E-state index contributed by atoms with van der Waals surface area (Å²) in [6.45, 7) is 1.79. The van der Waals surface area contributed by atoms with Gasteiger partial charge in [-0.2, -0.15) is 5.26 Å². The molecular weight excluding hydrogens is 140 g/mol. The van der Waals surface area contributed by atoms with Gasteiger partial charge in [0.15, 0.2) is 0 Å². The summed E-state index contributed by atoms with van der Waals surface area (Å²) in [7, 11) is 0. The Hall–Kier alpha value is -1.04. The molecule has 1 aliphatic heterocycles. The molecule has 60 valence electrons. The highest BCUT2D eigenvalue weighted by atomic mass is 16.2. The molecule has 0 unspecified atom stereocenters. The van der Waals surface area contributed by atoms with Gasteiger partial charge in [-0.25, -0.2) is 0 Å². The molecule has 0 atom stereocenters. The smallest absolute Gasteiger partial charge is 0.223 e. The molecule has 0 aromatic carbocycles. The van der Waals surface area contributed by atoms with Crippen molar-refractivity contribution in [2.45, 2.75) is 25.7 Å². The first kappa shape index (κ1) is 8.06. The van der Waals surface area contributed by atoms with Crippen LogP contribution in [-0.2, 0) is 4.79 Å². The molecule has 3 heteroatoms. The maximum absolute atomic E-state index is 11.2. The van der Waals surface area contributed by atoms with E-state index in [1.165, 1.54) is 0 Å². The minimum Gasteiger partial charge on any atom is -0.343 e. The predicted molar refractivity (Wildman–Crippen MR) is 40.7 cm³/mol. The fourth-order valence-electron chi connectivity index (χ4n) is 1.29. The summed E-state index contributed by atoms with van der Waals surface area (Å²) in [5.74, 6) is 0.143. The summed E-state index contributed by atoms with van der Waals surface area (Å²) < 4.78 is 0. The van der Waals surface area contributed by atoms with E-state index >= 15 is 0 Å². The standard InChI is InChI=1S/C8H12N2O/c9-5-3-4-8(11)10-6-1-2-7-10/h1-4,6-7H2. The zero-order chi connectivity index (χ0) is 8.10. The van der Waals surface area contributed by atoms with Crippen LogP contribution < -0.4 is 0 Å². The molecule has 1 heterocycles. The number of carbonyl (C=O) groups excluding carboxylic acids is 1. The van der Waals surface area contributed by atoms with Crippen molar-refractivity contribution < 1.29 is 4.79 Å². The molecule has 1 saturated heterocycles. The van der Waals surface area contributed by atoms with Gasteiger partial charge in [-0.3, -0.25) is 4.79 Å². The van der Waals surface area contributed by atoms with Gasteiger partial charge in [0.05, 0.1) is 6.07 Å². The molecule has 1 aliphatic rings. The average Bonchev–Trinajstić information content (AvgIpc) is 2.52. The molecule has 0 N–H and O–H groups in total. The lowest BCUT2D eigenvalue weighted by Crippen LogP contribution is -2.27. The van der Waals surface area contributed by atoms with Crippen molar-refractivity contribution in [1.82, 2.24) is 4.90 Å². The molecule has 0 spiro atoms. The third-order valence-corrected chi connectivity index (χ3v) is 1.91. The highest BCUT2D eigenvalue weighted by molar-refractivity contribution is 5.76. The van der Waals surface area contributed by atoms with Crippen LogP contribution >= 0.6 is 0 Å². The third kappa shape index (κ3) is 2.23. The van der Waals surface area contributed by atoms with Gasteiger partial charge >= 0.3 is 0 Å². The first-order valence-corrected chi connectivity index (χ1v) is 3.99. The molecule has 0 bridgehead atoms. The largest absolute Gasteiger partial charge is 0.343 e. The first-order chi connectivity index (χ1) is 5.34. The lowest BCUT2D eigenvalue weighted by atomic mass is 10.3. The van der Waals surface area contributed by atoms with Gasteiger partial charge in [-0.15, -0.1) is 0 Å². The Morgan fingerprint density at radius 2 is 2.09 bits per heavy atom. The van der Waals surface area contributed by atoms with Crippen LogP contribution in [0.25, 0.3) is 0 Å². The molecule has 0 aromatic rings. The molecule has 3 nitrogen and oxygen atoms in total. The van der Waals surface area contributed by atoms with Gasteiger partial charge < -0.3 is 4.90 Å². The third-order valence-electron chi connectivity index (χ3n) is 1.91. The summed E-state index contributed by atoms with van der Waals surface area (Å²) in [6.07, 6.45) is 3.00. The molecule has 0 aliphatic carbocycles. The highest BCUT2D eigenvalue weighted by Gasteiger charge is 2.16. The highest BCUT2D eigenvalue weighted by Crippen LogP contribution is 2.09. The van der Waals surface area contributed by atoms with E-state index in [4.69, 9.17) is 5.26 Å². The quantitative estimate of drug-likeness (QED) is 0.590. The van der Waals surface area contributed by atoms with Crippen LogP contribution in [-0.4, -0.2) is 23.9 Å². The van der Waals surface area contributed by atoms with Gasteiger partial charge in [0.25, 0.3) is 0 Å². The summed E-state index contributed by atoms with van der Waals surface area (Å²) in [4.78, 5) is 13.0. The Balaban J connectivity index is 2.24. The average molecular weight is 152 g/mol. The SMILES string of the molecule is N#CCCC(=O)N1CCCC1. The van der Waals surface area contributed by atoms with Crippen LogP contribution in [0.1, 0.15) is 25.7 Å². The molecule has 0 saturated carbocycles. The number of likely N-dealkylation sites (tertiary alicyclic amines) is 1. The zero-order valence-electron chi connectivity index (χ0n) is 6.55. The van der Waals surface area contributed by atoms with E-state index in [0.717, 1.165) is 25.9 Å². The number of hydrogen-bond acceptors (Lipinski definition) is 2. The normalized spacial score (nSPS) is 16.5. The van der Waals surface area contributed by atoms with Crippen molar-refractivity contribution in [2.75, 3.05) is 13.1 Å². The number of nitrogens with zero attached hydrogens (tertiary/aromatic N) is 2. The van der Waals surface area contributed by atoms with Crippen LogP contribution in [0.3, 0.4) is 0 Å². The van der Waals surface area contributed by atoms with Crippen LogP contribution in [0.4, 0.5) is 0 Å². The van der Waals surface area contributed by atoms with Crippen molar-refractivity contribution in [3.05, 3.63) is 0 Å². The van der Waals surface area contributed by atoms with E-state index in [1.54, 1.807) is 0 Å². The molecule has 1 rings (SSSR count). The molecule has 0 radical (unpaired) electrons. The molecular formula is C8H12N2O. The molecule has 0 aromatic heterocycles. The minimum absolute atomic E-state index is 0.143. The van der Waals surface area contributed by atoms with Crippen molar-refractivity contribution in [3.63, 3.8) is 0 Å². The molecule has 1 fully saturated rings. The predicted octanol–water partition coefficient (Wildman–Crippen LogP) is 0.913. The van der Waals surface area contributed by atoms with Crippen LogP contribution in [0.5, 0.6) is 0 Å². The Morgan fingerprint density at radius 3 is 2.64 bits per heavy atom. The van der Waals surface area contributed by atoms with Gasteiger partial charge in [0.2, 0.25) is 5.91 Å².